The van der Waals surface area contributed by atoms with E-state index in [-0.39, 0.29) is 5.75 Å². The highest BCUT2D eigenvalue weighted by Gasteiger charge is 2.31. The maximum Gasteiger partial charge on any atom is 0.150 e. The second-order valence-electron chi connectivity index (χ2n) is 5.89. The van der Waals surface area contributed by atoms with Crippen LogP contribution in [0.4, 0.5) is 0 Å². The van der Waals surface area contributed by atoms with E-state index in [1.165, 1.54) is 32.1 Å². The van der Waals surface area contributed by atoms with E-state index in [0.717, 1.165) is 26.1 Å². The fraction of sp³-hybridized carbons (Fsp3) is 1.00. The summed E-state index contributed by atoms with van der Waals surface area (Å²) < 4.78 is 23.1. The second kappa shape index (κ2) is 7.04. The van der Waals surface area contributed by atoms with Gasteiger partial charge < -0.3 is 5.32 Å². The Morgan fingerprint density at radius 2 is 2.05 bits per heavy atom. The predicted octanol–water partition coefficient (Wildman–Crippen LogP) is 1.42. The fourth-order valence-corrected chi connectivity index (χ4v) is 4.28. The van der Waals surface area contributed by atoms with Gasteiger partial charge in [0.2, 0.25) is 0 Å². The van der Waals surface area contributed by atoms with Gasteiger partial charge in [-0.25, -0.2) is 8.42 Å². The number of rotatable bonds is 6. The average Bonchev–Trinajstić information content (AvgIpc) is 2.93. The van der Waals surface area contributed by atoms with Crippen LogP contribution in [-0.4, -0.2) is 56.5 Å². The van der Waals surface area contributed by atoms with Gasteiger partial charge in [0, 0.05) is 17.8 Å². The predicted molar refractivity (Wildman–Crippen MR) is 79.2 cm³/mol. The van der Waals surface area contributed by atoms with Crippen LogP contribution < -0.4 is 5.32 Å². The molecule has 0 aromatic rings. The highest BCUT2D eigenvalue weighted by molar-refractivity contribution is 7.91. The van der Waals surface area contributed by atoms with Crippen molar-refractivity contribution in [2.24, 2.45) is 0 Å². The molecule has 112 valence electrons. The number of piperidine rings is 1. The number of hydrogen-bond acceptors (Lipinski definition) is 4. The molecule has 0 aliphatic carbocycles. The van der Waals surface area contributed by atoms with Crippen LogP contribution in [0.2, 0.25) is 0 Å². The van der Waals surface area contributed by atoms with Crippen molar-refractivity contribution in [2.75, 3.05) is 31.1 Å². The normalized spacial score (nSPS) is 29.7. The quantitative estimate of drug-likeness (QED) is 0.803. The van der Waals surface area contributed by atoms with Crippen molar-refractivity contribution in [3.05, 3.63) is 0 Å². The molecule has 2 atom stereocenters. The van der Waals surface area contributed by atoms with Crippen molar-refractivity contribution in [3.8, 4) is 0 Å². The zero-order chi connectivity index (χ0) is 13.7. The number of sulfone groups is 1. The number of nitrogens with zero attached hydrogens (tertiary/aromatic N) is 1. The zero-order valence-corrected chi connectivity index (χ0v) is 12.9. The Hall–Kier alpha value is -0.130. The Morgan fingerprint density at radius 1 is 1.21 bits per heavy atom. The first-order chi connectivity index (χ1) is 9.12. The smallest absolute Gasteiger partial charge is 0.150 e. The summed E-state index contributed by atoms with van der Waals surface area (Å²) in [6.45, 7) is 4.98. The molecular weight excluding hydrogens is 260 g/mol. The molecule has 0 aromatic carbocycles. The van der Waals surface area contributed by atoms with Crippen LogP contribution in [0.5, 0.6) is 0 Å². The van der Waals surface area contributed by atoms with E-state index >= 15 is 0 Å². The molecular formula is C14H28N2O2S. The van der Waals surface area contributed by atoms with Gasteiger partial charge in [-0.05, 0) is 51.7 Å². The molecule has 2 unspecified atom stereocenters. The Labute approximate surface area is 117 Å². The Morgan fingerprint density at radius 3 is 2.74 bits per heavy atom. The lowest BCUT2D eigenvalue weighted by molar-refractivity contribution is 0.120. The molecule has 19 heavy (non-hydrogen) atoms. The first-order valence-electron chi connectivity index (χ1n) is 7.80. The molecule has 0 spiro atoms. The summed E-state index contributed by atoms with van der Waals surface area (Å²) in [4.78, 5) is 2.54. The van der Waals surface area contributed by atoms with Crippen molar-refractivity contribution in [1.82, 2.24) is 10.2 Å². The summed E-state index contributed by atoms with van der Waals surface area (Å²) >= 11 is 0. The molecule has 0 amide bonds. The van der Waals surface area contributed by atoms with Crippen molar-refractivity contribution < 1.29 is 8.42 Å². The van der Waals surface area contributed by atoms with Gasteiger partial charge in [0.1, 0.15) is 9.84 Å². The van der Waals surface area contributed by atoms with Gasteiger partial charge in [-0.15, -0.1) is 0 Å². The van der Waals surface area contributed by atoms with Crippen LogP contribution in [0.3, 0.4) is 0 Å². The molecule has 2 heterocycles. The second-order valence-corrected chi connectivity index (χ2v) is 8.36. The molecule has 2 aliphatic heterocycles. The van der Waals surface area contributed by atoms with Crippen LogP contribution in [0.15, 0.2) is 0 Å². The van der Waals surface area contributed by atoms with Crippen molar-refractivity contribution in [1.29, 1.82) is 0 Å². The van der Waals surface area contributed by atoms with Gasteiger partial charge >= 0.3 is 0 Å². The molecule has 5 heteroatoms. The monoisotopic (exact) mass is 288 g/mol. The lowest BCUT2D eigenvalue weighted by Crippen LogP contribution is -2.50. The summed E-state index contributed by atoms with van der Waals surface area (Å²) in [7, 11) is -2.80. The average molecular weight is 288 g/mol. The minimum Gasteiger partial charge on any atom is -0.312 e. The minimum absolute atomic E-state index is 0.278. The van der Waals surface area contributed by atoms with Gasteiger partial charge in [0.05, 0.1) is 5.75 Å². The maximum absolute atomic E-state index is 11.5. The van der Waals surface area contributed by atoms with Crippen LogP contribution in [0.25, 0.3) is 0 Å². The third-order valence-electron chi connectivity index (χ3n) is 4.57. The number of nitrogens with one attached hydrogen (secondary N) is 1. The van der Waals surface area contributed by atoms with Crippen molar-refractivity contribution in [3.63, 3.8) is 0 Å². The fourth-order valence-electron chi connectivity index (χ4n) is 3.42. The maximum atomic E-state index is 11.5. The minimum atomic E-state index is -2.80. The molecule has 0 bridgehead atoms. The topological polar surface area (TPSA) is 49.4 Å². The Bertz CT molecular complexity index is 364. The van der Waals surface area contributed by atoms with E-state index in [4.69, 9.17) is 0 Å². The molecule has 0 radical (unpaired) electrons. The van der Waals surface area contributed by atoms with Crippen LogP contribution in [0.1, 0.15) is 45.4 Å². The highest BCUT2D eigenvalue weighted by Crippen LogP contribution is 2.24. The lowest BCUT2D eigenvalue weighted by atomic mass is 9.94. The molecule has 2 fully saturated rings. The van der Waals surface area contributed by atoms with E-state index in [0.29, 0.717) is 17.8 Å². The van der Waals surface area contributed by atoms with Gasteiger partial charge in [-0.2, -0.15) is 0 Å². The molecule has 4 nitrogen and oxygen atoms in total. The van der Waals surface area contributed by atoms with E-state index in [2.05, 4.69) is 10.2 Å². The first-order valence-corrected chi connectivity index (χ1v) is 9.62. The molecule has 0 aromatic heterocycles. The van der Waals surface area contributed by atoms with Gasteiger partial charge in [0.25, 0.3) is 0 Å². The van der Waals surface area contributed by atoms with E-state index in [9.17, 15) is 8.42 Å². The van der Waals surface area contributed by atoms with Crippen LogP contribution in [0, 0.1) is 0 Å². The molecule has 2 aliphatic rings. The largest absolute Gasteiger partial charge is 0.312 e. The third-order valence-corrected chi connectivity index (χ3v) is 6.36. The lowest BCUT2D eigenvalue weighted by Gasteiger charge is -2.39. The molecule has 2 rings (SSSR count). The molecule has 2 saturated heterocycles. The summed E-state index contributed by atoms with van der Waals surface area (Å²) in [5, 5.41) is 3.61. The SMILES string of the molecule is CCS(=O)(=O)CCCN1CCCCC1C1CCCN1. The number of hydrogen-bond donors (Lipinski definition) is 1. The van der Waals surface area contributed by atoms with Gasteiger partial charge in [-0.1, -0.05) is 13.3 Å². The van der Waals surface area contributed by atoms with Crippen LogP contribution >= 0.6 is 0 Å². The van der Waals surface area contributed by atoms with Gasteiger partial charge in [-0.3, -0.25) is 4.90 Å². The first kappa shape index (κ1) is 15.3. The van der Waals surface area contributed by atoms with E-state index in [1.54, 1.807) is 6.92 Å². The van der Waals surface area contributed by atoms with E-state index in [1.807, 2.05) is 0 Å². The Balaban J connectivity index is 1.82. The summed E-state index contributed by atoms with van der Waals surface area (Å²) in [5.41, 5.74) is 0. The Kier molecular flexibility index (Phi) is 5.66. The van der Waals surface area contributed by atoms with Crippen molar-refractivity contribution >= 4 is 9.84 Å². The summed E-state index contributed by atoms with van der Waals surface area (Å²) in [5.74, 6) is 0.630. The van der Waals surface area contributed by atoms with E-state index < -0.39 is 9.84 Å². The summed E-state index contributed by atoms with van der Waals surface area (Å²) in [6.07, 6.45) is 7.24. The number of likely N-dealkylation sites (tertiary alicyclic amines) is 1. The molecule has 1 N–H and O–H groups in total. The van der Waals surface area contributed by atoms with Gasteiger partial charge in [0.15, 0.2) is 0 Å². The standard InChI is InChI=1S/C14H28N2O2S/c1-2-19(17,18)12-6-11-16-10-4-3-8-14(16)13-7-5-9-15-13/h13-15H,2-12H2,1H3. The van der Waals surface area contributed by atoms with Crippen molar-refractivity contribution in [2.45, 2.75) is 57.5 Å². The third kappa shape index (κ3) is 4.43. The zero-order valence-electron chi connectivity index (χ0n) is 12.1. The summed E-state index contributed by atoms with van der Waals surface area (Å²) in [6, 6.07) is 1.28. The van der Waals surface area contributed by atoms with Crippen LogP contribution in [-0.2, 0) is 9.84 Å². The molecule has 0 saturated carbocycles. The highest BCUT2D eigenvalue weighted by atomic mass is 32.2.